The number of ether oxygens (including phenoxy) is 2. The maximum atomic E-state index is 12.2. The average molecular weight is 313 g/mol. The van der Waals surface area contributed by atoms with Crippen LogP contribution in [0, 0.1) is 0 Å². The molecule has 1 aromatic heterocycles. The van der Waals surface area contributed by atoms with Gasteiger partial charge in [-0.1, -0.05) is 0 Å². The van der Waals surface area contributed by atoms with Crippen LogP contribution in [0.4, 0.5) is 0 Å². The van der Waals surface area contributed by atoms with Crippen molar-refractivity contribution in [3.63, 3.8) is 0 Å². The third kappa shape index (κ3) is 2.90. The molecule has 1 aliphatic carbocycles. The predicted octanol–water partition coefficient (Wildman–Crippen LogP) is 0.918. The molecule has 1 N–H and O–H groups in total. The normalized spacial score (nSPS) is 15.5. The largest absolute Gasteiger partial charge is 0.454 e. The summed E-state index contributed by atoms with van der Waals surface area (Å²) in [6.45, 7) is 0.188. The fraction of sp³-hybridized carbons (Fsp3) is 0.312. The van der Waals surface area contributed by atoms with Crippen LogP contribution in [0.3, 0.4) is 0 Å². The minimum atomic E-state index is -0.265. The van der Waals surface area contributed by atoms with Gasteiger partial charge < -0.3 is 14.8 Å². The molecule has 1 fully saturated rings. The SMILES string of the molecule is O=C(Cn1cnc(-c2ccc3c(c2)OCO3)cc1=O)NC1CC1. The van der Waals surface area contributed by atoms with Crippen molar-refractivity contribution in [3.8, 4) is 22.8 Å². The third-order valence-corrected chi connectivity index (χ3v) is 3.80. The number of rotatable bonds is 4. The first-order valence-corrected chi connectivity index (χ1v) is 7.45. The quantitative estimate of drug-likeness (QED) is 0.907. The Morgan fingerprint density at radius 2 is 2.09 bits per heavy atom. The van der Waals surface area contributed by atoms with E-state index in [2.05, 4.69) is 10.3 Å². The van der Waals surface area contributed by atoms with Crippen molar-refractivity contribution in [3.05, 3.63) is 40.9 Å². The molecule has 118 valence electrons. The highest BCUT2D eigenvalue weighted by Gasteiger charge is 2.23. The molecule has 0 radical (unpaired) electrons. The number of aromatic nitrogens is 2. The third-order valence-electron chi connectivity index (χ3n) is 3.80. The van der Waals surface area contributed by atoms with Gasteiger partial charge >= 0.3 is 0 Å². The molecule has 0 atom stereocenters. The number of benzene rings is 1. The summed E-state index contributed by atoms with van der Waals surface area (Å²) >= 11 is 0. The summed E-state index contributed by atoms with van der Waals surface area (Å²) < 4.78 is 11.9. The molecule has 1 aromatic carbocycles. The van der Waals surface area contributed by atoms with Crippen molar-refractivity contribution in [2.45, 2.75) is 25.4 Å². The lowest BCUT2D eigenvalue weighted by atomic mass is 10.1. The van der Waals surface area contributed by atoms with Crippen molar-refractivity contribution >= 4 is 5.91 Å². The van der Waals surface area contributed by atoms with Gasteiger partial charge in [0.15, 0.2) is 11.5 Å². The topological polar surface area (TPSA) is 82.5 Å². The minimum absolute atomic E-state index is 0.0102. The first kappa shape index (κ1) is 13.8. The Labute approximate surface area is 131 Å². The van der Waals surface area contributed by atoms with Gasteiger partial charge in [-0.25, -0.2) is 4.98 Å². The van der Waals surface area contributed by atoms with Crippen LogP contribution in [-0.2, 0) is 11.3 Å². The van der Waals surface area contributed by atoms with E-state index < -0.39 is 0 Å². The summed E-state index contributed by atoms with van der Waals surface area (Å²) in [5.41, 5.74) is 1.03. The second kappa shape index (κ2) is 5.42. The Hall–Kier alpha value is -2.83. The van der Waals surface area contributed by atoms with Crippen molar-refractivity contribution in [1.29, 1.82) is 0 Å². The number of fused-ring (bicyclic) bond motifs is 1. The molecule has 2 aliphatic rings. The molecule has 1 aliphatic heterocycles. The fourth-order valence-electron chi connectivity index (χ4n) is 2.41. The smallest absolute Gasteiger partial charge is 0.254 e. The lowest BCUT2D eigenvalue weighted by Crippen LogP contribution is -2.33. The van der Waals surface area contributed by atoms with Gasteiger partial charge in [-0.15, -0.1) is 0 Å². The standard InChI is InChI=1S/C16H15N3O4/c20-15(18-11-2-3-11)7-19-8-17-12(6-16(19)21)10-1-4-13-14(5-10)23-9-22-13/h1,4-6,8,11H,2-3,7,9H2,(H,18,20). The van der Waals surface area contributed by atoms with Crippen LogP contribution >= 0.6 is 0 Å². The maximum absolute atomic E-state index is 12.2. The van der Waals surface area contributed by atoms with Gasteiger partial charge in [0.25, 0.3) is 5.56 Å². The first-order chi connectivity index (χ1) is 11.2. The van der Waals surface area contributed by atoms with Gasteiger partial charge in [-0.3, -0.25) is 14.2 Å². The fourth-order valence-corrected chi connectivity index (χ4v) is 2.41. The molecule has 0 unspecified atom stereocenters. The van der Waals surface area contributed by atoms with Gasteiger partial charge in [0.2, 0.25) is 12.7 Å². The van der Waals surface area contributed by atoms with E-state index >= 15 is 0 Å². The monoisotopic (exact) mass is 313 g/mol. The maximum Gasteiger partial charge on any atom is 0.254 e. The molecule has 7 nitrogen and oxygen atoms in total. The molecule has 2 aromatic rings. The molecular weight excluding hydrogens is 298 g/mol. The van der Waals surface area contributed by atoms with Crippen molar-refractivity contribution in [1.82, 2.24) is 14.9 Å². The average Bonchev–Trinajstić information content (AvgIpc) is 3.22. The van der Waals surface area contributed by atoms with E-state index in [0.717, 1.165) is 18.4 Å². The zero-order valence-corrected chi connectivity index (χ0v) is 12.3. The molecule has 7 heteroatoms. The Balaban J connectivity index is 1.55. The van der Waals surface area contributed by atoms with Crippen LogP contribution in [0.25, 0.3) is 11.3 Å². The molecule has 1 amide bonds. The Morgan fingerprint density at radius 1 is 1.26 bits per heavy atom. The number of hydrogen-bond acceptors (Lipinski definition) is 5. The Bertz CT molecular complexity index is 826. The van der Waals surface area contributed by atoms with E-state index in [1.165, 1.54) is 17.0 Å². The van der Waals surface area contributed by atoms with Gasteiger partial charge in [-0.2, -0.15) is 0 Å². The Kier molecular flexibility index (Phi) is 3.25. The lowest BCUT2D eigenvalue weighted by Gasteiger charge is -2.07. The van der Waals surface area contributed by atoms with Gasteiger partial charge in [0, 0.05) is 17.7 Å². The van der Waals surface area contributed by atoms with Gasteiger partial charge in [0.1, 0.15) is 6.54 Å². The highest BCUT2D eigenvalue weighted by Crippen LogP contribution is 2.35. The van der Waals surface area contributed by atoms with Crippen molar-refractivity contribution in [2.75, 3.05) is 6.79 Å². The first-order valence-electron chi connectivity index (χ1n) is 7.45. The summed E-state index contributed by atoms with van der Waals surface area (Å²) in [7, 11) is 0. The summed E-state index contributed by atoms with van der Waals surface area (Å²) in [5.74, 6) is 1.16. The second-order valence-corrected chi connectivity index (χ2v) is 5.65. The molecular formula is C16H15N3O4. The van der Waals surface area contributed by atoms with E-state index in [9.17, 15) is 9.59 Å². The van der Waals surface area contributed by atoms with Crippen LogP contribution in [0.15, 0.2) is 35.4 Å². The lowest BCUT2D eigenvalue weighted by molar-refractivity contribution is -0.121. The highest BCUT2D eigenvalue weighted by molar-refractivity contribution is 5.76. The zero-order valence-electron chi connectivity index (χ0n) is 12.3. The predicted molar refractivity (Wildman–Crippen MR) is 81.2 cm³/mol. The van der Waals surface area contributed by atoms with E-state index in [1.807, 2.05) is 6.07 Å². The van der Waals surface area contributed by atoms with E-state index in [1.54, 1.807) is 12.1 Å². The number of nitrogens with one attached hydrogen (secondary N) is 1. The van der Waals surface area contributed by atoms with Crippen LogP contribution in [-0.4, -0.2) is 28.3 Å². The van der Waals surface area contributed by atoms with E-state index in [4.69, 9.17) is 9.47 Å². The van der Waals surface area contributed by atoms with E-state index in [-0.39, 0.29) is 30.8 Å². The number of amides is 1. The van der Waals surface area contributed by atoms with Gasteiger partial charge in [0.05, 0.1) is 12.0 Å². The molecule has 23 heavy (non-hydrogen) atoms. The van der Waals surface area contributed by atoms with Crippen LogP contribution in [0.2, 0.25) is 0 Å². The number of carbonyl (C=O) groups is 1. The summed E-state index contributed by atoms with van der Waals surface area (Å²) in [6, 6.07) is 7.09. The van der Waals surface area contributed by atoms with Crippen LogP contribution in [0.5, 0.6) is 11.5 Å². The van der Waals surface area contributed by atoms with Crippen LogP contribution in [0.1, 0.15) is 12.8 Å². The van der Waals surface area contributed by atoms with E-state index in [0.29, 0.717) is 17.2 Å². The zero-order chi connectivity index (χ0) is 15.8. The molecule has 1 saturated carbocycles. The van der Waals surface area contributed by atoms with Crippen molar-refractivity contribution < 1.29 is 14.3 Å². The summed E-state index contributed by atoms with van der Waals surface area (Å²) in [6.07, 6.45) is 3.43. The van der Waals surface area contributed by atoms with Crippen molar-refractivity contribution in [2.24, 2.45) is 0 Å². The van der Waals surface area contributed by atoms with Crippen LogP contribution < -0.4 is 20.3 Å². The molecule has 4 rings (SSSR count). The molecule has 2 heterocycles. The second-order valence-electron chi connectivity index (χ2n) is 5.65. The summed E-state index contributed by atoms with van der Waals surface area (Å²) in [5, 5.41) is 2.85. The summed E-state index contributed by atoms with van der Waals surface area (Å²) in [4.78, 5) is 28.2. The highest BCUT2D eigenvalue weighted by atomic mass is 16.7. The Morgan fingerprint density at radius 3 is 2.87 bits per heavy atom. The number of hydrogen-bond donors (Lipinski definition) is 1. The molecule has 0 bridgehead atoms. The molecule has 0 spiro atoms. The number of nitrogens with zero attached hydrogens (tertiary/aromatic N) is 2. The number of carbonyl (C=O) groups excluding carboxylic acids is 1. The van der Waals surface area contributed by atoms with Gasteiger partial charge in [-0.05, 0) is 31.0 Å². The molecule has 0 saturated heterocycles. The minimum Gasteiger partial charge on any atom is -0.454 e.